The Bertz CT molecular complexity index is 692. The van der Waals surface area contributed by atoms with E-state index in [2.05, 4.69) is 10.1 Å². The van der Waals surface area contributed by atoms with Gasteiger partial charge in [0, 0.05) is 10.6 Å². The van der Waals surface area contributed by atoms with E-state index in [9.17, 15) is 8.42 Å². The number of hydrogen-bond donors (Lipinski definition) is 1. The Morgan fingerprint density at radius 2 is 1.84 bits per heavy atom. The lowest BCUT2D eigenvalue weighted by Gasteiger charge is -2.16. The van der Waals surface area contributed by atoms with Crippen molar-refractivity contribution in [1.29, 1.82) is 0 Å². The van der Waals surface area contributed by atoms with Crippen LogP contribution in [-0.2, 0) is 14.8 Å². The third kappa shape index (κ3) is 2.63. The fourth-order valence-corrected chi connectivity index (χ4v) is 1.77. The summed E-state index contributed by atoms with van der Waals surface area (Å²) in [6, 6.07) is 6.74. The van der Waals surface area contributed by atoms with Crippen molar-refractivity contribution in [1.82, 2.24) is 10.1 Å². The second-order valence-electron chi connectivity index (χ2n) is 4.49. The quantitative estimate of drug-likeness (QED) is 0.933. The fourth-order valence-electron chi connectivity index (χ4n) is 1.30. The van der Waals surface area contributed by atoms with E-state index in [4.69, 9.17) is 21.3 Å². The minimum absolute atomic E-state index is 0.0138. The molecule has 19 heavy (non-hydrogen) atoms. The summed E-state index contributed by atoms with van der Waals surface area (Å²) in [5.74, 6) is 0.225. The summed E-state index contributed by atoms with van der Waals surface area (Å²) in [7, 11) is -3.84. The summed E-state index contributed by atoms with van der Waals surface area (Å²) >= 11 is 5.77. The lowest BCUT2D eigenvalue weighted by atomic mass is 10.2. The minimum atomic E-state index is -3.84. The Morgan fingerprint density at radius 1 is 1.26 bits per heavy atom. The van der Waals surface area contributed by atoms with Gasteiger partial charge in [0.05, 0.1) is 0 Å². The predicted molar refractivity (Wildman–Crippen MR) is 70.9 cm³/mol. The Balaban J connectivity index is 2.42. The number of rotatable bonds is 3. The zero-order valence-corrected chi connectivity index (χ0v) is 11.9. The third-order valence-electron chi connectivity index (χ3n) is 2.77. The lowest BCUT2D eigenvalue weighted by molar-refractivity contribution is 0.412. The predicted octanol–water partition coefficient (Wildman–Crippen LogP) is 1.91. The topological polar surface area (TPSA) is 99.1 Å². The van der Waals surface area contributed by atoms with Crippen molar-refractivity contribution in [2.75, 3.05) is 0 Å². The van der Waals surface area contributed by atoms with Gasteiger partial charge in [-0.15, -0.1) is 0 Å². The van der Waals surface area contributed by atoms with E-state index in [0.29, 0.717) is 10.6 Å². The molecule has 0 aliphatic carbocycles. The van der Waals surface area contributed by atoms with Crippen LogP contribution >= 0.6 is 11.6 Å². The van der Waals surface area contributed by atoms with Crippen molar-refractivity contribution in [3.63, 3.8) is 0 Å². The summed E-state index contributed by atoms with van der Waals surface area (Å²) in [6.07, 6.45) is 0. The van der Waals surface area contributed by atoms with Gasteiger partial charge >= 0.3 is 0 Å². The molecule has 0 saturated carbocycles. The van der Waals surface area contributed by atoms with Crippen molar-refractivity contribution in [3.8, 4) is 11.5 Å². The molecule has 2 aromatic rings. The van der Waals surface area contributed by atoms with Crippen molar-refractivity contribution in [2.24, 2.45) is 5.14 Å². The summed E-state index contributed by atoms with van der Waals surface area (Å²) in [5, 5.41) is 9.40. The summed E-state index contributed by atoms with van der Waals surface area (Å²) in [4.78, 5) is 4.07. The SMILES string of the molecule is CC(C)(c1noc(-c2ccc(Cl)cc2)n1)S(N)(=O)=O. The molecule has 0 unspecified atom stereocenters. The van der Waals surface area contributed by atoms with Gasteiger partial charge in [-0.1, -0.05) is 16.8 Å². The zero-order valence-electron chi connectivity index (χ0n) is 10.3. The summed E-state index contributed by atoms with van der Waals surface area (Å²) in [6.45, 7) is 2.83. The van der Waals surface area contributed by atoms with Gasteiger partial charge in [0.1, 0.15) is 4.75 Å². The number of sulfonamides is 1. The Morgan fingerprint density at radius 3 is 2.37 bits per heavy atom. The molecule has 0 aliphatic rings. The number of nitrogens with two attached hydrogens (primary N) is 1. The highest BCUT2D eigenvalue weighted by Gasteiger charge is 2.38. The van der Waals surface area contributed by atoms with E-state index in [1.165, 1.54) is 13.8 Å². The van der Waals surface area contributed by atoms with Gasteiger partial charge in [0.2, 0.25) is 10.0 Å². The molecule has 102 valence electrons. The highest BCUT2D eigenvalue weighted by molar-refractivity contribution is 7.90. The van der Waals surface area contributed by atoms with Crippen LogP contribution in [-0.4, -0.2) is 18.6 Å². The standard InChI is InChI=1S/C11H12ClN3O3S/c1-11(2,19(13,16)17)10-14-9(18-15-10)7-3-5-8(12)6-4-7/h3-6H,1-2H3,(H2,13,16,17). The molecule has 6 nitrogen and oxygen atoms in total. The number of benzene rings is 1. The van der Waals surface area contributed by atoms with Gasteiger partial charge < -0.3 is 4.52 Å². The molecular weight excluding hydrogens is 290 g/mol. The molecule has 0 atom stereocenters. The third-order valence-corrected chi connectivity index (χ3v) is 4.62. The van der Waals surface area contributed by atoms with Crippen molar-refractivity contribution < 1.29 is 12.9 Å². The Hall–Kier alpha value is -1.44. The molecule has 0 aliphatic heterocycles. The molecule has 0 radical (unpaired) electrons. The van der Waals surface area contributed by atoms with Crippen LogP contribution in [0.3, 0.4) is 0 Å². The molecule has 0 fully saturated rings. The van der Waals surface area contributed by atoms with Crippen molar-refractivity contribution in [2.45, 2.75) is 18.6 Å². The van der Waals surface area contributed by atoms with Crippen LogP contribution in [0.4, 0.5) is 0 Å². The second-order valence-corrected chi connectivity index (χ2v) is 7.03. The molecule has 0 saturated heterocycles. The lowest BCUT2D eigenvalue weighted by Crippen LogP contribution is -2.36. The molecule has 2 N–H and O–H groups in total. The highest BCUT2D eigenvalue weighted by Crippen LogP contribution is 2.27. The normalized spacial score (nSPS) is 12.6. The summed E-state index contributed by atoms with van der Waals surface area (Å²) in [5.41, 5.74) is 0.647. The van der Waals surface area contributed by atoms with Gasteiger partial charge in [0.15, 0.2) is 5.82 Å². The first kappa shape index (κ1) is 14.0. The zero-order chi connectivity index (χ0) is 14.3. The average Bonchev–Trinajstić information content (AvgIpc) is 2.78. The molecule has 1 aromatic carbocycles. The first-order valence-electron chi connectivity index (χ1n) is 5.34. The monoisotopic (exact) mass is 301 g/mol. The van der Waals surface area contributed by atoms with E-state index >= 15 is 0 Å². The first-order chi connectivity index (χ1) is 8.72. The van der Waals surface area contributed by atoms with E-state index in [1.54, 1.807) is 24.3 Å². The van der Waals surface area contributed by atoms with E-state index in [-0.39, 0.29) is 11.7 Å². The molecular formula is C11H12ClN3O3S. The molecule has 1 aromatic heterocycles. The number of hydrogen-bond acceptors (Lipinski definition) is 5. The molecule has 0 amide bonds. The van der Waals surface area contributed by atoms with E-state index in [1.807, 2.05) is 0 Å². The van der Waals surface area contributed by atoms with Crippen LogP contribution in [0.5, 0.6) is 0 Å². The highest BCUT2D eigenvalue weighted by atomic mass is 35.5. The number of nitrogens with zero attached hydrogens (tertiary/aromatic N) is 2. The van der Waals surface area contributed by atoms with Gasteiger partial charge in [0.25, 0.3) is 5.89 Å². The van der Waals surface area contributed by atoms with E-state index in [0.717, 1.165) is 0 Å². The average molecular weight is 302 g/mol. The van der Waals surface area contributed by atoms with Crippen LogP contribution in [0.25, 0.3) is 11.5 Å². The second kappa shape index (κ2) is 4.59. The number of halogens is 1. The van der Waals surface area contributed by atoms with Gasteiger partial charge in [-0.2, -0.15) is 4.98 Å². The van der Waals surface area contributed by atoms with E-state index < -0.39 is 14.8 Å². The molecule has 0 spiro atoms. The van der Waals surface area contributed by atoms with Crippen molar-refractivity contribution >= 4 is 21.6 Å². The molecule has 8 heteroatoms. The van der Waals surface area contributed by atoms with Crippen LogP contribution in [0.15, 0.2) is 28.8 Å². The van der Waals surface area contributed by atoms with Crippen LogP contribution < -0.4 is 5.14 Å². The maximum absolute atomic E-state index is 11.5. The Labute approximate surface area is 115 Å². The van der Waals surface area contributed by atoms with Crippen LogP contribution in [0, 0.1) is 0 Å². The summed E-state index contributed by atoms with van der Waals surface area (Å²) < 4.78 is 26.6. The van der Waals surface area contributed by atoms with Gasteiger partial charge in [-0.25, -0.2) is 13.6 Å². The van der Waals surface area contributed by atoms with Crippen LogP contribution in [0.1, 0.15) is 19.7 Å². The number of aromatic nitrogens is 2. The minimum Gasteiger partial charge on any atom is -0.334 e. The molecule has 1 heterocycles. The van der Waals surface area contributed by atoms with Gasteiger partial charge in [-0.05, 0) is 38.1 Å². The number of primary sulfonamides is 1. The fraction of sp³-hybridized carbons (Fsp3) is 0.273. The Kier molecular flexibility index (Phi) is 3.38. The van der Waals surface area contributed by atoms with Crippen molar-refractivity contribution in [3.05, 3.63) is 35.1 Å². The largest absolute Gasteiger partial charge is 0.334 e. The molecule has 0 bridgehead atoms. The smallest absolute Gasteiger partial charge is 0.257 e. The maximum atomic E-state index is 11.5. The first-order valence-corrected chi connectivity index (χ1v) is 7.27. The van der Waals surface area contributed by atoms with Crippen LogP contribution in [0.2, 0.25) is 5.02 Å². The maximum Gasteiger partial charge on any atom is 0.257 e. The molecule has 2 rings (SSSR count). The van der Waals surface area contributed by atoms with Gasteiger partial charge in [-0.3, -0.25) is 0 Å².